The van der Waals surface area contributed by atoms with Crippen LogP contribution in [0.4, 0.5) is 4.79 Å². The zero-order valence-corrected chi connectivity index (χ0v) is 13.2. The fraction of sp³-hybridized carbons (Fsp3) is 0.583. The number of nitrogens with zero attached hydrogens (tertiary/aromatic N) is 2. The van der Waals surface area contributed by atoms with Gasteiger partial charge in [0.1, 0.15) is 6.04 Å². The number of carbonyl (C=O) groups excluding carboxylic acids is 2. The maximum Gasteiger partial charge on any atom is 0.328 e. The van der Waals surface area contributed by atoms with Crippen molar-refractivity contribution in [3.63, 3.8) is 0 Å². The quantitative estimate of drug-likeness (QED) is 0.238. The Hall–Kier alpha value is -2.77. The summed E-state index contributed by atoms with van der Waals surface area (Å²) in [6, 6.07) is -4.67. The zero-order chi connectivity index (χ0) is 19.1. The van der Waals surface area contributed by atoms with Gasteiger partial charge in [-0.15, -0.1) is 0 Å². The van der Waals surface area contributed by atoms with Gasteiger partial charge < -0.3 is 41.9 Å². The first-order chi connectivity index (χ1) is 11.6. The summed E-state index contributed by atoms with van der Waals surface area (Å²) in [5, 5.41) is 35.0. The second kappa shape index (κ2) is 8.91. The van der Waals surface area contributed by atoms with Gasteiger partial charge in [0, 0.05) is 0 Å². The lowest BCUT2D eigenvalue weighted by atomic mass is 10.2. The smallest absolute Gasteiger partial charge is 0.328 e. The van der Waals surface area contributed by atoms with E-state index in [0.717, 1.165) is 0 Å². The summed E-state index contributed by atoms with van der Waals surface area (Å²) >= 11 is 0. The average molecular weight is 360 g/mol. The lowest BCUT2D eigenvalue weighted by molar-refractivity contribution is -0.141. The minimum Gasteiger partial charge on any atom is -0.480 e. The molecule has 0 aromatic carbocycles. The van der Waals surface area contributed by atoms with Gasteiger partial charge in [-0.3, -0.25) is 4.79 Å². The number of primary amides is 1. The molecule has 0 saturated heterocycles. The van der Waals surface area contributed by atoms with Gasteiger partial charge in [0.2, 0.25) is 11.8 Å². The lowest BCUT2D eigenvalue weighted by Gasteiger charge is -2.19. The molecule has 0 bridgehead atoms. The van der Waals surface area contributed by atoms with Crippen molar-refractivity contribution >= 4 is 17.9 Å². The molecule has 0 radical (unpaired) electrons. The molecular weight excluding hydrogens is 340 g/mol. The SMILES string of the molecule is CC(O)[C@H](NC(=O)N[C@@H](CC(N)=O)c1nc([C@H](N)CO)no1)C(=O)O. The number of nitrogens with one attached hydrogen (secondary N) is 2. The number of hydrogen-bond acceptors (Lipinski definition) is 9. The molecule has 25 heavy (non-hydrogen) atoms. The first kappa shape index (κ1) is 20.3. The van der Waals surface area contributed by atoms with Crippen molar-refractivity contribution < 1.29 is 34.2 Å². The molecule has 13 nitrogen and oxygen atoms in total. The Morgan fingerprint density at radius 1 is 1.32 bits per heavy atom. The third-order valence-electron chi connectivity index (χ3n) is 3.03. The van der Waals surface area contributed by atoms with Crippen LogP contribution in [0.25, 0.3) is 0 Å². The Morgan fingerprint density at radius 3 is 2.44 bits per heavy atom. The molecule has 9 N–H and O–H groups in total. The molecule has 0 aliphatic heterocycles. The van der Waals surface area contributed by atoms with E-state index in [2.05, 4.69) is 15.5 Å². The Bertz CT molecular complexity index is 619. The molecule has 1 aromatic rings. The first-order valence-corrected chi connectivity index (χ1v) is 7.11. The number of hydrogen-bond donors (Lipinski definition) is 7. The highest BCUT2D eigenvalue weighted by Gasteiger charge is 2.29. The van der Waals surface area contributed by atoms with Crippen LogP contribution in [-0.4, -0.2) is 62.1 Å². The molecule has 0 saturated carbocycles. The number of aliphatic hydroxyl groups excluding tert-OH is 2. The van der Waals surface area contributed by atoms with E-state index in [-0.39, 0.29) is 11.7 Å². The molecule has 4 atom stereocenters. The third-order valence-corrected chi connectivity index (χ3v) is 3.03. The summed E-state index contributed by atoms with van der Waals surface area (Å²) in [5.41, 5.74) is 10.6. The summed E-state index contributed by atoms with van der Waals surface area (Å²) < 4.78 is 4.88. The summed E-state index contributed by atoms with van der Waals surface area (Å²) in [4.78, 5) is 37.9. The number of aliphatic carboxylic acids is 1. The molecule has 1 rings (SSSR count). The molecule has 0 spiro atoms. The van der Waals surface area contributed by atoms with Gasteiger partial charge >= 0.3 is 12.0 Å². The Balaban J connectivity index is 2.89. The van der Waals surface area contributed by atoms with Crippen LogP contribution in [-0.2, 0) is 9.59 Å². The van der Waals surface area contributed by atoms with Crippen LogP contribution in [0.2, 0.25) is 0 Å². The van der Waals surface area contributed by atoms with Gasteiger partial charge in [-0.2, -0.15) is 4.98 Å². The fourth-order valence-corrected chi connectivity index (χ4v) is 1.75. The molecule has 3 amide bonds. The van der Waals surface area contributed by atoms with Crippen LogP contribution >= 0.6 is 0 Å². The summed E-state index contributed by atoms with van der Waals surface area (Å²) in [7, 11) is 0. The standard InChI is InChI=1S/C12H20N6O7/c1-4(20)8(11(22)23)16-12(24)15-6(2-7(14)21)10-17-9(18-25-10)5(13)3-19/h4-6,8,19-20H,2-3,13H2,1H3,(H2,14,21)(H,22,23)(H2,15,16,24)/t4?,5-,6+,8+/m1/s1. The number of carboxylic acid groups (broad SMARTS) is 1. The number of amides is 3. The molecule has 1 aromatic heterocycles. The number of aromatic nitrogens is 2. The number of aliphatic hydroxyl groups is 2. The van der Waals surface area contributed by atoms with Crippen molar-refractivity contribution in [3.8, 4) is 0 Å². The van der Waals surface area contributed by atoms with E-state index >= 15 is 0 Å². The molecule has 140 valence electrons. The van der Waals surface area contributed by atoms with Crippen molar-refractivity contribution in [3.05, 3.63) is 11.7 Å². The van der Waals surface area contributed by atoms with Crippen molar-refractivity contribution in [2.45, 2.75) is 37.6 Å². The van der Waals surface area contributed by atoms with E-state index < -0.39 is 55.2 Å². The largest absolute Gasteiger partial charge is 0.480 e. The van der Waals surface area contributed by atoms with E-state index in [4.69, 9.17) is 26.2 Å². The molecule has 1 unspecified atom stereocenters. The number of carboxylic acids is 1. The fourth-order valence-electron chi connectivity index (χ4n) is 1.75. The molecule has 13 heteroatoms. The Morgan fingerprint density at radius 2 is 1.96 bits per heavy atom. The van der Waals surface area contributed by atoms with Crippen LogP contribution in [0.15, 0.2) is 4.52 Å². The summed E-state index contributed by atoms with van der Waals surface area (Å²) in [6.45, 7) is 0.725. The van der Waals surface area contributed by atoms with E-state index in [9.17, 15) is 19.5 Å². The second-order valence-corrected chi connectivity index (χ2v) is 5.18. The number of rotatable bonds is 9. The molecule has 0 aliphatic carbocycles. The summed E-state index contributed by atoms with van der Waals surface area (Å²) in [6.07, 6.45) is -1.79. The molecular formula is C12H20N6O7. The van der Waals surface area contributed by atoms with Gasteiger partial charge in [0.05, 0.1) is 25.2 Å². The van der Waals surface area contributed by atoms with Crippen molar-refractivity contribution in [2.75, 3.05) is 6.61 Å². The van der Waals surface area contributed by atoms with Crippen LogP contribution in [0, 0.1) is 0 Å². The van der Waals surface area contributed by atoms with E-state index in [0.29, 0.717) is 0 Å². The molecule has 0 fully saturated rings. The number of urea groups is 1. The van der Waals surface area contributed by atoms with Gasteiger partial charge in [0.25, 0.3) is 0 Å². The maximum absolute atomic E-state index is 11.9. The summed E-state index contributed by atoms with van der Waals surface area (Å²) in [5.74, 6) is -2.52. The zero-order valence-electron chi connectivity index (χ0n) is 13.2. The molecule has 1 heterocycles. The highest BCUT2D eigenvalue weighted by atomic mass is 16.5. The van der Waals surface area contributed by atoms with Crippen LogP contribution in [0.1, 0.15) is 37.1 Å². The average Bonchev–Trinajstić information content (AvgIpc) is 3.00. The molecule has 0 aliphatic rings. The van der Waals surface area contributed by atoms with Gasteiger partial charge in [-0.05, 0) is 6.92 Å². The van der Waals surface area contributed by atoms with E-state index in [1.807, 2.05) is 5.32 Å². The van der Waals surface area contributed by atoms with Crippen LogP contribution < -0.4 is 22.1 Å². The predicted octanol–water partition coefficient (Wildman–Crippen LogP) is -2.89. The normalized spacial score (nSPS) is 15.7. The van der Waals surface area contributed by atoms with Crippen LogP contribution in [0.5, 0.6) is 0 Å². The van der Waals surface area contributed by atoms with E-state index in [1.165, 1.54) is 6.92 Å². The number of nitrogens with two attached hydrogens (primary N) is 2. The number of carbonyl (C=O) groups is 3. The van der Waals surface area contributed by atoms with Gasteiger partial charge in [0.15, 0.2) is 11.9 Å². The van der Waals surface area contributed by atoms with E-state index in [1.54, 1.807) is 0 Å². The van der Waals surface area contributed by atoms with Crippen LogP contribution in [0.3, 0.4) is 0 Å². The lowest BCUT2D eigenvalue weighted by Crippen LogP contribution is -2.52. The van der Waals surface area contributed by atoms with Gasteiger partial charge in [-0.1, -0.05) is 5.16 Å². The topological polar surface area (TPSA) is 227 Å². The highest BCUT2D eigenvalue weighted by molar-refractivity contribution is 5.83. The predicted molar refractivity (Wildman–Crippen MR) is 79.6 cm³/mol. The Kier molecular flexibility index (Phi) is 7.22. The monoisotopic (exact) mass is 360 g/mol. The van der Waals surface area contributed by atoms with Crippen molar-refractivity contribution in [1.82, 2.24) is 20.8 Å². The highest BCUT2D eigenvalue weighted by Crippen LogP contribution is 2.16. The minimum atomic E-state index is -1.57. The second-order valence-electron chi connectivity index (χ2n) is 5.18. The maximum atomic E-state index is 11.9. The van der Waals surface area contributed by atoms with Gasteiger partial charge in [-0.25, -0.2) is 9.59 Å². The minimum absolute atomic E-state index is 0.0541. The first-order valence-electron chi connectivity index (χ1n) is 7.11. The Labute approximate surface area is 141 Å². The van der Waals surface area contributed by atoms with Crippen molar-refractivity contribution in [1.29, 1.82) is 0 Å². The third kappa shape index (κ3) is 5.98. The van der Waals surface area contributed by atoms with Crippen molar-refractivity contribution in [2.24, 2.45) is 11.5 Å².